The van der Waals surface area contributed by atoms with Crippen LogP contribution in [0.4, 0.5) is 5.69 Å². The molecule has 7 nitrogen and oxygen atoms in total. The number of benzene rings is 2. The second kappa shape index (κ2) is 6.38. The van der Waals surface area contributed by atoms with E-state index in [1.54, 1.807) is 6.07 Å². The topological polar surface area (TPSA) is 92.8 Å². The molecule has 3 rings (SSSR count). The van der Waals surface area contributed by atoms with E-state index in [0.717, 1.165) is 16.6 Å². The van der Waals surface area contributed by atoms with Gasteiger partial charge in [-0.05, 0) is 36.8 Å². The van der Waals surface area contributed by atoms with Gasteiger partial charge in [-0.3, -0.25) is 4.79 Å². The summed E-state index contributed by atoms with van der Waals surface area (Å²) in [6.45, 7) is 1.89. The molecule has 1 amide bonds. The third-order valence-corrected chi connectivity index (χ3v) is 3.43. The Balaban J connectivity index is 2.11. The van der Waals surface area contributed by atoms with Crippen molar-refractivity contribution in [1.29, 1.82) is 5.26 Å². The van der Waals surface area contributed by atoms with Gasteiger partial charge in [-0.1, -0.05) is 12.1 Å². The minimum absolute atomic E-state index is 0.226. The first-order valence-electron chi connectivity index (χ1n) is 7.30. The van der Waals surface area contributed by atoms with E-state index in [-0.39, 0.29) is 6.42 Å². The van der Waals surface area contributed by atoms with Crippen molar-refractivity contribution >= 4 is 22.6 Å². The van der Waals surface area contributed by atoms with Gasteiger partial charge in [0, 0.05) is 0 Å². The van der Waals surface area contributed by atoms with E-state index < -0.39 is 5.91 Å². The number of hydrogen-bond acceptors (Lipinski definition) is 5. The molecule has 0 aliphatic rings. The largest absolute Gasteiger partial charge is 0.492 e. The Morgan fingerprint density at radius 2 is 1.96 bits per heavy atom. The van der Waals surface area contributed by atoms with Crippen molar-refractivity contribution in [3.05, 3.63) is 42.0 Å². The number of rotatable bonds is 4. The van der Waals surface area contributed by atoms with Crippen molar-refractivity contribution in [2.75, 3.05) is 12.4 Å². The predicted octanol–water partition coefficient (Wildman–Crippen LogP) is 2.59. The number of ether oxygens (including phenoxy) is 1. The van der Waals surface area contributed by atoms with Crippen LogP contribution in [0.5, 0.6) is 5.75 Å². The molecule has 0 aliphatic carbocycles. The van der Waals surface area contributed by atoms with Crippen LogP contribution in [-0.4, -0.2) is 28.0 Å². The van der Waals surface area contributed by atoms with Crippen LogP contribution >= 0.6 is 0 Å². The van der Waals surface area contributed by atoms with E-state index in [1.165, 1.54) is 11.9 Å². The van der Waals surface area contributed by atoms with Crippen molar-refractivity contribution in [2.45, 2.75) is 13.3 Å². The molecule has 120 valence electrons. The van der Waals surface area contributed by atoms with Gasteiger partial charge in [0.15, 0.2) is 5.75 Å². The van der Waals surface area contributed by atoms with E-state index in [1.807, 2.05) is 43.3 Å². The quantitative estimate of drug-likeness (QED) is 0.797. The number of aromatic nitrogens is 3. The number of methoxy groups -OCH3 is 1. The summed E-state index contributed by atoms with van der Waals surface area (Å²) < 4.78 is 5.46. The standard InChI is InChI=1S/C17H15N5O2/c1-11-9-14(19-16(23)7-8-18)17(24-2)15(10-11)22-20-12-5-3-4-6-13(12)21-22/h3-6,9-10H,7H2,1-2H3,(H,19,23). The lowest BCUT2D eigenvalue weighted by Gasteiger charge is -2.14. The van der Waals surface area contributed by atoms with Crippen molar-refractivity contribution in [2.24, 2.45) is 0 Å². The van der Waals surface area contributed by atoms with Gasteiger partial charge in [-0.25, -0.2) is 0 Å². The van der Waals surface area contributed by atoms with Gasteiger partial charge in [-0.2, -0.15) is 5.26 Å². The molecule has 0 aliphatic heterocycles. The summed E-state index contributed by atoms with van der Waals surface area (Å²) in [6, 6.07) is 13.0. The molecule has 0 bridgehead atoms. The van der Waals surface area contributed by atoms with E-state index in [0.29, 0.717) is 17.1 Å². The summed E-state index contributed by atoms with van der Waals surface area (Å²) in [7, 11) is 1.51. The third kappa shape index (κ3) is 2.90. The molecule has 0 atom stereocenters. The number of aryl methyl sites for hydroxylation is 1. The monoisotopic (exact) mass is 321 g/mol. The lowest BCUT2D eigenvalue weighted by Crippen LogP contribution is -2.13. The van der Waals surface area contributed by atoms with E-state index in [4.69, 9.17) is 10.00 Å². The fraction of sp³-hybridized carbons (Fsp3) is 0.176. The van der Waals surface area contributed by atoms with Crippen LogP contribution in [0, 0.1) is 18.3 Å². The molecule has 24 heavy (non-hydrogen) atoms. The van der Waals surface area contributed by atoms with Crippen LogP contribution in [-0.2, 0) is 4.79 Å². The molecule has 1 heterocycles. The number of nitrogens with one attached hydrogen (secondary N) is 1. The van der Waals surface area contributed by atoms with E-state index >= 15 is 0 Å². The molecule has 0 fully saturated rings. The van der Waals surface area contributed by atoms with Crippen LogP contribution in [0.1, 0.15) is 12.0 Å². The number of carbonyl (C=O) groups excluding carboxylic acids is 1. The highest BCUT2D eigenvalue weighted by Crippen LogP contribution is 2.33. The molecule has 3 aromatic rings. The molecule has 1 N–H and O–H groups in total. The molecule has 0 radical (unpaired) electrons. The van der Waals surface area contributed by atoms with Gasteiger partial charge in [0.05, 0.1) is 18.9 Å². The number of amides is 1. The van der Waals surface area contributed by atoms with Gasteiger partial charge in [0.25, 0.3) is 0 Å². The van der Waals surface area contributed by atoms with Crippen molar-refractivity contribution < 1.29 is 9.53 Å². The zero-order valence-electron chi connectivity index (χ0n) is 13.3. The number of nitriles is 1. The molecule has 0 saturated carbocycles. The average Bonchev–Trinajstić information content (AvgIpc) is 2.98. The number of carbonyl (C=O) groups is 1. The summed E-state index contributed by atoms with van der Waals surface area (Å²) >= 11 is 0. The molecule has 0 spiro atoms. The third-order valence-electron chi connectivity index (χ3n) is 3.43. The summed E-state index contributed by atoms with van der Waals surface area (Å²) in [5.74, 6) is 0.0399. The second-order valence-corrected chi connectivity index (χ2v) is 5.23. The first-order chi connectivity index (χ1) is 11.6. The number of nitrogens with zero attached hydrogens (tertiary/aromatic N) is 4. The average molecular weight is 321 g/mol. The highest BCUT2D eigenvalue weighted by Gasteiger charge is 2.16. The van der Waals surface area contributed by atoms with Crippen molar-refractivity contribution in [1.82, 2.24) is 15.0 Å². The lowest BCUT2D eigenvalue weighted by molar-refractivity contribution is -0.115. The second-order valence-electron chi connectivity index (χ2n) is 5.23. The zero-order chi connectivity index (χ0) is 17.1. The van der Waals surface area contributed by atoms with Gasteiger partial charge in [0.2, 0.25) is 5.91 Å². The van der Waals surface area contributed by atoms with Gasteiger partial charge < -0.3 is 10.1 Å². The van der Waals surface area contributed by atoms with Gasteiger partial charge in [0.1, 0.15) is 23.1 Å². The fourth-order valence-electron chi connectivity index (χ4n) is 2.44. The van der Waals surface area contributed by atoms with Crippen LogP contribution in [0.25, 0.3) is 16.7 Å². The summed E-state index contributed by atoms with van der Waals surface area (Å²) in [5, 5.41) is 20.2. The Morgan fingerprint density at radius 3 is 2.54 bits per heavy atom. The number of anilines is 1. The van der Waals surface area contributed by atoms with Crippen molar-refractivity contribution in [3.8, 4) is 17.5 Å². The van der Waals surface area contributed by atoms with E-state index in [9.17, 15) is 4.79 Å². The summed E-state index contributed by atoms with van der Waals surface area (Å²) in [4.78, 5) is 13.2. The predicted molar refractivity (Wildman–Crippen MR) is 89.0 cm³/mol. The normalized spacial score (nSPS) is 10.4. The molecule has 0 unspecified atom stereocenters. The first-order valence-corrected chi connectivity index (χ1v) is 7.30. The van der Waals surface area contributed by atoms with Crippen LogP contribution in [0.15, 0.2) is 36.4 Å². The Labute approximate surface area is 138 Å². The Hall–Kier alpha value is -3.40. The molecular weight excluding hydrogens is 306 g/mol. The molecule has 2 aromatic carbocycles. The lowest BCUT2D eigenvalue weighted by atomic mass is 10.1. The highest BCUT2D eigenvalue weighted by atomic mass is 16.5. The maximum atomic E-state index is 11.8. The van der Waals surface area contributed by atoms with Gasteiger partial charge >= 0.3 is 0 Å². The molecule has 1 aromatic heterocycles. The van der Waals surface area contributed by atoms with Crippen molar-refractivity contribution in [3.63, 3.8) is 0 Å². The maximum Gasteiger partial charge on any atom is 0.238 e. The Kier molecular flexibility index (Phi) is 4.12. The summed E-state index contributed by atoms with van der Waals surface area (Å²) in [6.07, 6.45) is -0.226. The van der Waals surface area contributed by atoms with Crippen LogP contribution < -0.4 is 10.1 Å². The number of hydrogen-bond donors (Lipinski definition) is 1. The van der Waals surface area contributed by atoms with E-state index in [2.05, 4.69) is 15.5 Å². The fourth-order valence-corrected chi connectivity index (χ4v) is 2.44. The Morgan fingerprint density at radius 1 is 1.29 bits per heavy atom. The zero-order valence-corrected chi connectivity index (χ0v) is 13.3. The summed E-state index contributed by atoms with van der Waals surface area (Å²) in [5.41, 5.74) is 3.52. The molecule has 0 saturated heterocycles. The smallest absolute Gasteiger partial charge is 0.238 e. The molecule has 7 heteroatoms. The van der Waals surface area contributed by atoms with Crippen LogP contribution in [0.2, 0.25) is 0 Å². The highest BCUT2D eigenvalue weighted by molar-refractivity contribution is 5.94. The number of fused-ring (bicyclic) bond motifs is 1. The molecular formula is C17H15N5O2. The van der Waals surface area contributed by atoms with Crippen LogP contribution in [0.3, 0.4) is 0 Å². The maximum absolute atomic E-state index is 11.8. The minimum Gasteiger partial charge on any atom is -0.492 e. The first kappa shape index (κ1) is 15.5. The minimum atomic E-state index is -0.397. The Bertz CT molecular complexity index is 922. The SMILES string of the molecule is COc1c(NC(=O)CC#N)cc(C)cc1-n1nc2ccccc2n1. The van der Waals surface area contributed by atoms with Gasteiger partial charge in [-0.15, -0.1) is 15.0 Å².